The van der Waals surface area contributed by atoms with Crippen molar-refractivity contribution in [1.29, 1.82) is 5.26 Å². The zero-order valence-corrected chi connectivity index (χ0v) is 8.42. The summed E-state index contributed by atoms with van der Waals surface area (Å²) in [5, 5.41) is 9.03. The third-order valence-corrected chi connectivity index (χ3v) is 3.55. The second-order valence-corrected chi connectivity index (χ2v) is 4.45. The van der Waals surface area contributed by atoms with Crippen molar-refractivity contribution in [3.63, 3.8) is 0 Å². The Morgan fingerprint density at radius 1 is 1.64 bits per heavy atom. The van der Waals surface area contributed by atoms with Crippen molar-refractivity contribution in [1.82, 2.24) is 9.97 Å². The van der Waals surface area contributed by atoms with Crippen molar-refractivity contribution in [2.45, 2.75) is 18.1 Å². The predicted octanol–water partition coefficient (Wildman–Crippen LogP) is 1.50. The summed E-state index contributed by atoms with van der Waals surface area (Å²) in [6.07, 6.45) is 3.82. The number of hydrogen-bond acceptors (Lipinski definition) is 5. The first kappa shape index (κ1) is 9.28. The lowest BCUT2D eigenvalue weighted by Gasteiger charge is -2.07. The van der Waals surface area contributed by atoms with Crippen molar-refractivity contribution >= 4 is 17.6 Å². The van der Waals surface area contributed by atoms with Crippen molar-refractivity contribution in [2.24, 2.45) is 0 Å². The maximum absolute atomic E-state index is 8.66. The lowest BCUT2D eigenvalue weighted by Crippen LogP contribution is -2.03. The lowest BCUT2D eigenvalue weighted by molar-refractivity contribution is 0.778. The van der Waals surface area contributed by atoms with E-state index in [9.17, 15) is 0 Å². The molecule has 4 nitrogen and oxygen atoms in total. The smallest absolute Gasteiger partial charge is 0.145 e. The number of rotatable bonds is 1. The summed E-state index contributed by atoms with van der Waals surface area (Å²) in [6, 6.07) is 1.96. The molecule has 5 heteroatoms. The van der Waals surface area contributed by atoms with Crippen molar-refractivity contribution in [3.8, 4) is 6.07 Å². The second-order valence-electron chi connectivity index (χ2n) is 3.14. The number of hydrogen-bond donors (Lipinski definition) is 1. The fraction of sp³-hybridized carbons (Fsp3) is 0.444. The first-order valence-electron chi connectivity index (χ1n) is 4.45. The Hall–Kier alpha value is -1.28. The first-order valence-corrected chi connectivity index (χ1v) is 5.50. The van der Waals surface area contributed by atoms with Gasteiger partial charge >= 0.3 is 0 Å². The summed E-state index contributed by atoms with van der Waals surface area (Å²) in [4.78, 5) is 8.31. The normalized spacial score (nSPS) is 20.6. The minimum absolute atomic E-state index is 0.296. The van der Waals surface area contributed by atoms with Gasteiger partial charge in [0.15, 0.2) is 0 Å². The van der Waals surface area contributed by atoms with Crippen LogP contribution in [0.25, 0.3) is 0 Å². The van der Waals surface area contributed by atoms with Gasteiger partial charge in [0.05, 0.1) is 11.4 Å². The number of nitriles is 1. The van der Waals surface area contributed by atoms with Gasteiger partial charge in [0.2, 0.25) is 0 Å². The molecule has 1 aromatic rings. The summed E-state index contributed by atoms with van der Waals surface area (Å²) < 4.78 is 0. The SMILES string of the molecule is N#Cc1cnc(C2CCCS2)nc1N. The average molecular weight is 206 g/mol. The van der Waals surface area contributed by atoms with Gasteiger partial charge in [-0.1, -0.05) is 0 Å². The maximum atomic E-state index is 8.66. The summed E-state index contributed by atoms with van der Waals surface area (Å²) in [7, 11) is 0. The van der Waals surface area contributed by atoms with Gasteiger partial charge in [-0.3, -0.25) is 0 Å². The van der Waals surface area contributed by atoms with Gasteiger partial charge in [0, 0.05) is 0 Å². The molecule has 0 spiro atoms. The summed E-state index contributed by atoms with van der Waals surface area (Å²) in [5.41, 5.74) is 5.97. The van der Waals surface area contributed by atoms with Crippen LogP contribution in [0.1, 0.15) is 29.5 Å². The van der Waals surface area contributed by atoms with E-state index in [1.807, 2.05) is 17.8 Å². The zero-order valence-electron chi connectivity index (χ0n) is 7.60. The molecule has 0 saturated carbocycles. The molecule has 14 heavy (non-hydrogen) atoms. The number of nitrogens with two attached hydrogens (primary N) is 1. The van der Waals surface area contributed by atoms with Crippen LogP contribution in [-0.4, -0.2) is 15.7 Å². The molecule has 1 fully saturated rings. The molecular formula is C9H10N4S. The van der Waals surface area contributed by atoms with E-state index in [0.29, 0.717) is 16.6 Å². The number of anilines is 1. The Balaban J connectivity index is 2.28. The highest BCUT2D eigenvalue weighted by atomic mass is 32.2. The van der Waals surface area contributed by atoms with Crippen LogP contribution in [0.4, 0.5) is 5.82 Å². The summed E-state index contributed by atoms with van der Waals surface area (Å²) >= 11 is 1.85. The highest BCUT2D eigenvalue weighted by Crippen LogP contribution is 2.38. The van der Waals surface area contributed by atoms with Gasteiger partial charge in [-0.15, -0.1) is 0 Å². The molecule has 2 rings (SSSR count). The van der Waals surface area contributed by atoms with Crippen LogP contribution in [-0.2, 0) is 0 Å². The Morgan fingerprint density at radius 3 is 3.07 bits per heavy atom. The van der Waals surface area contributed by atoms with Crippen molar-refractivity contribution in [2.75, 3.05) is 11.5 Å². The number of nitrogens with zero attached hydrogens (tertiary/aromatic N) is 3. The van der Waals surface area contributed by atoms with Gasteiger partial charge in [0.25, 0.3) is 0 Å². The monoisotopic (exact) mass is 206 g/mol. The maximum Gasteiger partial charge on any atom is 0.145 e. The third kappa shape index (κ3) is 1.66. The summed E-state index contributed by atoms with van der Waals surface area (Å²) in [5.74, 6) is 2.22. The lowest BCUT2D eigenvalue weighted by atomic mass is 10.2. The Labute approximate surface area is 86.5 Å². The van der Waals surface area contributed by atoms with Crippen molar-refractivity contribution in [3.05, 3.63) is 17.6 Å². The molecule has 1 aliphatic heterocycles. The van der Waals surface area contributed by atoms with Crippen LogP contribution in [0.3, 0.4) is 0 Å². The Bertz CT molecular complexity index is 379. The average Bonchev–Trinajstić information content (AvgIpc) is 2.70. The van der Waals surface area contributed by atoms with Crippen LogP contribution in [0.5, 0.6) is 0 Å². The van der Waals surface area contributed by atoms with Gasteiger partial charge in [-0.05, 0) is 18.6 Å². The van der Waals surface area contributed by atoms with E-state index < -0.39 is 0 Å². The van der Waals surface area contributed by atoms with Gasteiger partial charge in [-0.25, -0.2) is 9.97 Å². The topological polar surface area (TPSA) is 75.6 Å². The molecule has 1 saturated heterocycles. The Kier molecular flexibility index (Phi) is 2.55. The van der Waals surface area contributed by atoms with E-state index in [4.69, 9.17) is 11.0 Å². The first-order chi connectivity index (χ1) is 6.81. The molecule has 1 unspecified atom stereocenters. The molecule has 0 amide bonds. The van der Waals surface area contributed by atoms with Crippen LogP contribution in [0, 0.1) is 11.3 Å². The number of nitrogen functional groups attached to an aromatic ring is 1. The fourth-order valence-corrected chi connectivity index (χ4v) is 2.65. The minimum atomic E-state index is 0.296. The number of thioether (sulfide) groups is 1. The quantitative estimate of drug-likeness (QED) is 0.753. The largest absolute Gasteiger partial charge is 0.382 e. The predicted molar refractivity (Wildman–Crippen MR) is 55.6 cm³/mol. The highest BCUT2D eigenvalue weighted by molar-refractivity contribution is 7.99. The van der Waals surface area contributed by atoms with Crippen molar-refractivity contribution < 1.29 is 0 Å². The van der Waals surface area contributed by atoms with E-state index >= 15 is 0 Å². The fourth-order valence-electron chi connectivity index (χ4n) is 1.43. The summed E-state index contributed by atoms with van der Waals surface area (Å²) in [6.45, 7) is 0. The van der Waals surface area contributed by atoms with Gasteiger partial charge in [-0.2, -0.15) is 17.0 Å². The molecular weight excluding hydrogens is 196 g/mol. The zero-order chi connectivity index (χ0) is 9.97. The standard InChI is InChI=1S/C9H10N4S/c10-4-6-5-12-9(13-8(6)11)7-2-1-3-14-7/h5,7H,1-3H2,(H2,11,12,13). The molecule has 1 aliphatic rings. The van der Waals surface area contributed by atoms with E-state index in [1.165, 1.54) is 12.6 Å². The molecule has 2 N–H and O–H groups in total. The highest BCUT2D eigenvalue weighted by Gasteiger charge is 2.20. The molecule has 1 atom stereocenters. The van der Waals surface area contributed by atoms with Crippen LogP contribution >= 0.6 is 11.8 Å². The molecule has 72 valence electrons. The molecule has 0 bridgehead atoms. The van der Waals surface area contributed by atoms with E-state index in [-0.39, 0.29) is 0 Å². The van der Waals surface area contributed by atoms with E-state index in [1.54, 1.807) is 0 Å². The molecule has 1 aromatic heterocycles. The van der Waals surface area contributed by atoms with Gasteiger partial charge < -0.3 is 5.73 Å². The van der Waals surface area contributed by atoms with Crippen LogP contribution in [0.2, 0.25) is 0 Å². The van der Waals surface area contributed by atoms with Crippen LogP contribution in [0.15, 0.2) is 6.20 Å². The molecule has 2 heterocycles. The molecule has 0 aromatic carbocycles. The minimum Gasteiger partial charge on any atom is -0.382 e. The van der Waals surface area contributed by atoms with Crippen LogP contribution < -0.4 is 5.73 Å². The number of aromatic nitrogens is 2. The Morgan fingerprint density at radius 2 is 2.50 bits per heavy atom. The van der Waals surface area contributed by atoms with Gasteiger partial charge in [0.1, 0.15) is 23.3 Å². The second kappa shape index (κ2) is 3.84. The molecule has 0 radical (unpaired) electrons. The third-order valence-electron chi connectivity index (χ3n) is 2.17. The van der Waals surface area contributed by atoms with E-state index in [0.717, 1.165) is 18.0 Å². The molecule has 0 aliphatic carbocycles. The van der Waals surface area contributed by atoms with E-state index in [2.05, 4.69) is 9.97 Å².